The molecule has 0 N–H and O–H groups in total. The van der Waals surface area contributed by atoms with Gasteiger partial charge in [0.25, 0.3) is 0 Å². The van der Waals surface area contributed by atoms with Gasteiger partial charge in [-0.25, -0.2) is 17.6 Å². The Balaban J connectivity index is 3.68. The van der Waals surface area contributed by atoms with Gasteiger partial charge in [0.05, 0.1) is 0 Å². The Bertz CT molecular complexity index is 375. The lowest BCUT2D eigenvalue weighted by Crippen LogP contribution is -2.16. The van der Waals surface area contributed by atoms with Crippen molar-refractivity contribution >= 4 is 0 Å². The van der Waals surface area contributed by atoms with Crippen molar-refractivity contribution in [1.82, 2.24) is 0 Å². The van der Waals surface area contributed by atoms with Gasteiger partial charge in [0.2, 0.25) is 0 Å². The van der Waals surface area contributed by atoms with Crippen molar-refractivity contribution in [2.45, 2.75) is 6.18 Å². The highest BCUT2D eigenvalue weighted by atomic mass is 19.4. The van der Waals surface area contributed by atoms with Gasteiger partial charge < -0.3 is 0 Å². The zero-order chi connectivity index (χ0) is 12.0. The SMILES string of the molecule is [CH2]c1c(F)c(F)c(C(F)(F)F)c(F)c1F. The second-order valence-electron chi connectivity index (χ2n) is 2.61. The third kappa shape index (κ3) is 1.78. The number of hydrogen-bond acceptors (Lipinski definition) is 0. The van der Waals surface area contributed by atoms with E-state index in [0.29, 0.717) is 0 Å². The van der Waals surface area contributed by atoms with Crippen LogP contribution in [0.1, 0.15) is 11.1 Å². The van der Waals surface area contributed by atoms with E-state index in [1.54, 1.807) is 0 Å². The Morgan fingerprint density at radius 3 is 1.33 bits per heavy atom. The molecule has 0 unspecified atom stereocenters. The summed E-state index contributed by atoms with van der Waals surface area (Å²) in [5, 5.41) is 0. The number of rotatable bonds is 0. The molecule has 0 nitrogen and oxygen atoms in total. The maximum absolute atomic E-state index is 12.7. The van der Waals surface area contributed by atoms with E-state index in [2.05, 4.69) is 6.92 Å². The van der Waals surface area contributed by atoms with Crippen LogP contribution in [0.2, 0.25) is 0 Å². The van der Waals surface area contributed by atoms with Crippen LogP contribution in [0.3, 0.4) is 0 Å². The first-order valence-electron chi connectivity index (χ1n) is 3.43. The van der Waals surface area contributed by atoms with Gasteiger partial charge in [-0.3, -0.25) is 0 Å². The third-order valence-electron chi connectivity index (χ3n) is 1.64. The van der Waals surface area contributed by atoms with Crippen molar-refractivity contribution in [3.63, 3.8) is 0 Å². The van der Waals surface area contributed by atoms with Crippen LogP contribution in [0.5, 0.6) is 0 Å². The molecule has 0 aromatic heterocycles. The third-order valence-corrected chi connectivity index (χ3v) is 1.64. The fourth-order valence-electron chi connectivity index (χ4n) is 0.926. The number of halogens is 7. The number of alkyl halides is 3. The van der Waals surface area contributed by atoms with Crippen molar-refractivity contribution in [1.29, 1.82) is 0 Å². The standard InChI is InChI=1S/C8H2F7/c1-2-4(9)6(11)3(8(13,14)15)7(12)5(2)10/h1H2. The fourth-order valence-corrected chi connectivity index (χ4v) is 0.926. The van der Waals surface area contributed by atoms with Gasteiger partial charge in [0.1, 0.15) is 5.56 Å². The van der Waals surface area contributed by atoms with E-state index in [0.717, 1.165) is 0 Å². The van der Waals surface area contributed by atoms with Crippen LogP contribution in [-0.4, -0.2) is 0 Å². The van der Waals surface area contributed by atoms with Crippen molar-refractivity contribution in [2.24, 2.45) is 0 Å². The summed E-state index contributed by atoms with van der Waals surface area (Å²) in [4.78, 5) is 0. The Kier molecular flexibility index (Phi) is 2.67. The average Bonchev–Trinajstić information content (AvgIpc) is 2.09. The van der Waals surface area contributed by atoms with Crippen LogP contribution < -0.4 is 0 Å². The maximum Gasteiger partial charge on any atom is 0.422 e. The van der Waals surface area contributed by atoms with Gasteiger partial charge in [-0.2, -0.15) is 13.2 Å². The summed E-state index contributed by atoms with van der Waals surface area (Å²) in [7, 11) is 0. The predicted molar refractivity (Wildman–Crippen MR) is 35.7 cm³/mol. The molecule has 0 saturated heterocycles. The zero-order valence-electron chi connectivity index (χ0n) is 6.85. The molecule has 1 radical (unpaired) electrons. The van der Waals surface area contributed by atoms with E-state index in [1.165, 1.54) is 0 Å². The lowest BCUT2D eigenvalue weighted by Gasteiger charge is -2.11. The largest absolute Gasteiger partial charge is 0.422 e. The quantitative estimate of drug-likeness (QED) is 0.474. The summed E-state index contributed by atoms with van der Waals surface area (Å²) in [6, 6.07) is 0. The second-order valence-corrected chi connectivity index (χ2v) is 2.61. The van der Waals surface area contributed by atoms with Crippen LogP contribution in [-0.2, 0) is 6.18 Å². The molecule has 7 heteroatoms. The first-order chi connectivity index (χ1) is 6.68. The van der Waals surface area contributed by atoms with Gasteiger partial charge in [-0.05, 0) is 6.92 Å². The topological polar surface area (TPSA) is 0 Å². The highest BCUT2D eigenvalue weighted by Gasteiger charge is 2.41. The lowest BCUT2D eigenvalue weighted by molar-refractivity contribution is -0.143. The summed E-state index contributed by atoms with van der Waals surface area (Å²) in [5.74, 6) is -9.29. The van der Waals surface area contributed by atoms with Gasteiger partial charge in [0.15, 0.2) is 23.3 Å². The summed E-state index contributed by atoms with van der Waals surface area (Å²) in [6.07, 6.45) is -5.51. The Hall–Kier alpha value is -1.27. The Morgan fingerprint density at radius 2 is 1.07 bits per heavy atom. The monoisotopic (exact) mass is 231 g/mol. The molecule has 0 aliphatic carbocycles. The fraction of sp³-hybridized carbons (Fsp3) is 0.125. The Labute approximate surface area is 79.3 Å². The molecule has 1 aromatic carbocycles. The molecule has 0 amide bonds. The molecule has 0 aliphatic rings. The summed E-state index contributed by atoms with van der Waals surface area (Å²) in [5.41, 5.74) is -3.97. The van der Waals surface area contributed by atoms with Crippen LogP contribution in [0, 0.1) is 30.2 Å². The van der Waals surface area contributed by atoms with Crippen molar-refractivity contribution in [2.75, 3.05) is 0 Å². The molecule has 0 atom stereocenters. The highest BCUT2D eigenvalue weighted by molar-refractivity contribution is 5.33. The van der Waals surface area contributed by atoms with Gasteiger partial charge >= 0.3 is 6.18 Å². The Morgan fingerprint density at radius 1 is 0.733 bits per heavy atom. The summed E-state index contributed by atoms with van der Waals surface area (Å²) >= 11 is 0. The van der Waals surface area contributed by atoms with E-state index >= 15 is 0 Å². The first kappa shape index (κ1) is 11.8. The minimum Gasteiger partial charge on any atom is -0.203 e. The molecule has 83 valence electrons. The normalized spacial score (nSPS) is 12.0. The molecular formula is C8H2F7. The van der Waals surface area contributed by atoms with Crippen molar-refractivity contribution < 1.29 is 30.7 Å². The van der Waals surface area contributed by atoms with Gasteiger partial charge in [0, 0.05) is 5.56 Å². The van der Waals surface area contributed by atoms with Crippen LogP contribution in [0.25, 0.3) is 0 Å². The van der Waals surface area contributed by atoms with Crippen LogP contribution >= 0.6 is 0 Å². The molecule has 1 rings (SSSR count). The summed E-state index contributed by atoms with van der Waals surface area (Å²) in [6.45, 7) is 2.57. The van der Waals surface area contributed by atoms with Gasteiger partial charge in [-0.1, -0.05) is 0 Å². The highest BCUT2D eigenvalue weighted by Crippen LogP contribution is 2.36. The van der Waals surface area contributed by atoms with E-state index in [4.69, 9.17) is 0 Å². The molecule has 0 aliphatic heterocycles. The minimum absolute atomic E-state index is 1.38. The minimum atomic E-state index is -5.51. The van der Waals surface area contributed by atoms with Crippen LogP contribution in [0.15, 0.2) is 0 Å². The lowest BCUT2D eigenvalue weighted by atomic mass is 10.1. The molecule has 1 aromatic rings. The molecule has 0 heterocycles. The van der Waals surface area contributed by atoms with Crippen LogP contribution in [0.4, 0.5) is 30.7 Å². The van der Waals surface area contributed by atoms with Crippen molar-refractivity contribution in [3.8, 4) is 0 Å². The number of benzene rings is 1. The van der Waals surface area contributed by atoms with Crippen molar-refractivity contribution in [3.05, 3.63) is 41.3 Å². The predicted octanol–water partition coefficient (Wildman–Crippen LogP) is 3.44. The molecular weight excluding hydrogens is 229 g/mol. The zero-order valence-corrected chi connectivity index (χ0v) is 6.85. The van der Waals surface area contributed by atoms with E-state index in [-0.39, 0.29) is 0 Å². The second kappa shape index (κ2) is 3.39. The van der Waals surface area contributed by atoms with E-state index in [1.807, 2.05) is 0 Å². The average molecular weight is 231 g/mol. The smallest absolute Gasteiger partial charge is 0.203 e. The molecule has 0 saturated carbocycles. The molecule has 15 heavy (non-hydrogen) atoms. The molecule has 0 bridgehead atoms. The van der Waals surface area contributed by atoms with E-state index in [9.17, 15) is 30.7 Å². The van der Waals surface area contributed by atoms with E-state index < -0.39 is 40.6 Å². The molecule has 0 spiro atoms. The molecule has 0 fully saturated rings. The maximum atomic E-state index is 12.7. The first-order valence-corrected chi connectivity index (χ1v) is 3.43. The number of hydrogen-bond donors (Lipinski definition) is 0. The van der Waals surface area contributed by atoms with Gasteiger partial charge in [-0.15, -0.1) is 0 Å². The summed E-state index contributed by atoms with van der Waals surface area (Å²) < 4.78 is 86.5.